The van der Waals surface area contributed by atoms with Gasteiger partial charge in [0.25, 0.3) is 0 Å². The number of hydrogen-bond donors (Lipinski definition) is 0. The average molecular weight is 417 g/mol. The van der Waals surface area contributed by atoms with E-state index in [1.54, 1.807) is 19.1 Å². The minimum Gasteiger partial charge on any atom is -0.494 e. The summed E-state index contributed by atoms with van der Waals surface area (Å²) in [5, 5.41) is 0. The van der Waals surface area contributed by atoms with Crippen LogP contribution >= 0.6 is 31.9 Å². The Labute approximate surface area is 140 Å². The summed E-state index contributed by atoms with van der Waals surface area (Å²) in [6.45, 7) is 0.466. The summed E-state index contributed by atoms with van der Waals surface area (Å²) < 4.78 is 6.86. The topological polar surface area (TPSA) is 46.6 Å². The van der Waals surface area contributed by atoms with Crippen molar-refractivity contribution in [1.82, 2.24) is 4.90 Å². The molecule has 0 aliphatic carbocycles. The molecule has 6 heteroatoms. The Hall–Kier alpha value is -1.14. The second kappa shape index (κ2) is 6.75. The summed E-state index contributed by atoms with van der Waals surface area (Å²) in [5.41, 5.74) is 1.45. The maximum Gasteiger partial charge on any atom is 0.249 e. The maximum absolute atomic E-state index is 12.2. The minimum absolute atomic E-state index is 0.00524. The third-order valence-electron chi connectivity index (χ3n) is 3.31. The lowest BCUT2D eigenvalue weighted by Gasteiger charge is -2.16. The molecule has 21 heavy (non-hydrogen) atoms. The summed E-state index contributed by atoms with van der Waals surface area (Å²) in [6, 6.07) is 3.79. The van der Waals surface area contributed by atoms with E-state index in [4.69, 9.17) is 4.74 Å². The molecule has 0 saturated carbocycles. The molecule has 0 atom stereocenters. The third kappa shape index (κ3) is 3.74. The Bertz CT molecular complexity index is 602. The van der Waals surface area contributed by atoms with Gasteiger partial charge in [0, 0.05) is 32.0 Å². The third-order valence-corrected chi connectivity index (χ3v) is 4.49. The van der Waals surface area contributed by atoms with Gasteiger partial charge in [0.05, 0.1) is 16.1 Å². The number of halogens is 2. The Kier molecular flexibility index (Phi) is 5.22. The van der Waals surface area contributed by atoms with E-state index < -0.39 is 0 Å². The predicted molar refractivity (Wildman–Crippen MR) is 87.4 cm³/mol. The van der Waals surface area contributed by atoms with Crippen LogP contribution in [0.1, 0.15) is 12.0 Å². The van der Waals surface area contributed by atoms with Crippen LogP contribution in [0.2, 0.25) is 0 Å². The molecule has 0 spiro atoms. The molecule has 1 heterocycles. The molecular formula is C15H15Br2NO3. The van der Waals surface area contributed by atoms with Crippen LogP contribution in [0.25, 0.3) is 0 Å². The van der Waals surface area contributed by atoms with E-state index in [1.807, 2.05) is 12.1 Å². The van der Waals surface area contributed by atoms with E-state index in [2.05, 4.69) is 31.9 Å². The Morgan fingerprint density at radius 2 is 1.86 bits per heavy atom. The van der Waals surface area contributed by atoms with Crippen LogP contribution in [-0.4, -0.2) is 37.3 Å². The molecule has 2 rings (SSSR count). The highest BCUT2D eigenvalue weighted by Gasteiger charge is 2.21. The molecule has 0 fully saturated rings. The second-order valence-electron chi connectivity index (χ2n) is 4.88. The van der Waals surface area contributed by atoms with Crippen molar-refractivity contribution in [2.45, 2.75) is 12.8 Å². The summed E-state index contributed by atoms with van der Waals surface area (Å²) in [5.74, 6) is 0.603. The fraction of sp³-hybridized carbons (Fsp3) is 0.333. The highest BCUT2D eigenvalue weighted by Crippen LogP contribution is 2.35. The van der Waals surface area contributed by atoms with Crippen molar-refractivity contribution in [3.63, 3.8) is 0 Å². The lowest BCUT2D eigenvalue weighted by atomic mass is 10.0. The first kappa shape index (κ1) is 16.2. The maximum atomic E-state index is 12.2. The van der Waals surface area contributed by atoms with E-state index in [9.17, 15) is 9.59 Å². The summed E-state index contributed by atoms with van der Waals surface area (Å²) in [4.78, 5) is 25.5. The number of rotatable bonds is 3. The molecule has 0 saturated heterocycles. The Morgan fingerprint density at radius 1 is 1.24 bits per heavy atom. The molecule has 0 bridgehead atoms. The van der Waals surface area contributed by atoms with Crippen LogP contribution in [-0.2, 0) is 16.0 Å². The number of nitrogens with zero attached hydrogens (tertiary/aromatic N) is 1. The van der Waals surface area contributed by atoms with Crippen molar-refractivity contribution in [2.75, 3.05) is 20.7 Å². The quantitative estimate of drug-likeness (QED) is 0.760. The molecule has 1 aromatic carbocycles. The number of hydrogen-bond acceptors (Lipinski definition) is 3. The average Bonchev–Trinajstić information content (AvgIpc) is 2.53. The van der Waals surface area contributed by atoms with Crippen LogP contribution in [0.5, 0.6) is 5.75 Å². The number of likely N-dealkylation sites (N-methyl/N-ethyl adjacent to an activating group) is 1. The van der Waals surface area contributed by atoms with Gasteiger partial charge < -0.3 is 9.64 Å². The largest absolute Gasteiger partial charge is 0.494 e. The van der Waals surface area contributed by atoms with Crippen LogP contribution in [0.15, 0.2) is 32.7 Å². The van der Waals surface area contributed by atoms with Gasteiger partial charge in [-0.3, -0.25) is 9.59 Å². The molecule has 1 aliphatic rings. The van der Waals surface area contributed by atoms with Gasteiger partial charge in [-0.05, 0) is 55.6 Å². The number of ether oxygens (including phenoxy) is 1. The molecule has 112 valence electrons. The van der Waals surface area contributed by atoms with Gasteiger partial charge in [-0.1, -0.05) is 0 Å². The van der Waals surface area contributed by atoms with Gasteiger partial charge in [0.1, 0.15) is 5.75 Å². The lowest BCUT2D eigenvalue weighted by molar-refractivity contribution is -0.125. The van der Waals surface area contributed by atoms with Gasteiger partial charge in [-0.2, -0.15) is 0 Å². The molecule has 1 amide bonds. The standard InChI is InChI=1S/C15H15Br2NO3/c1-18-4-3-11(19)8-10(15(18)20)5-9-6-12(16)14(21-2)13(17)7-9/h6-8H,3-5H2,1-2H3. The fourth-order valence-electron chi connectivity index (χ4n) is 2.21. The van der Waals surface area contributed by atoms with Crippen molar-refractivity contribution in [3.05, 3.63) is 38.3 Å². The smallest absolute Gasteiger partial charge is 0.249 e. The van der Waals surface area contributed by atoms with E-state index in [0.29, 0.717) is 30.7 Å². The first-order valence-corrected chi connectivity index (χ1v) is 8.01. The van der Waals surface area contributed by atoms with E-state index in [1.165, 1.54) is 6.08 Å². The van der Waals surface area contributed by atoms with Gasteiger partial charge in [0.15, 0.2) is 5.78 Å². The zero-order chi connectivity index (χ0) is 15.6. The highest BCUT2D eigenvalue weighted by molar-refractivity contribution is 9.11. The summed E-state index contributed by atoms with van der Waals surface area (Å²) in [7, 11) is 3.31. The first-order chi connectivity index (χ1) is 9.92. The molecule has 1 aromatic rings. The van der Waals surface area contributed by atoms with Crippen molar-refractivity contribution in [1.29, 1.82) is 0 Å². The number of carbonyl (C=O) groups is 2. The van der Waals surface area contributed by atoms with E-state index >= 15 is 0 Å². The zero-order valence-corrected chi connectivity index (χ0v) is 15.0. The number of ketones is 1. The first-order valence-electron chi connectivity index (χ1n) is 6.43. The number of amides is 1. The van der Waals surface area contributed by atoms with Crippen LogP contribution in [0, 0.1) is 0 Å². The van der Waals surface area contributed by atoms with Crippen molar-refractivity contribution >= 4 is 43.6 Å². The Balaban J connectivity index is 2.32. The van der Waals surface area contributed by atoms with Crippen molar-refractivity contribution in [2.24, 2.45) is 0 Å². The van der Waals surface area contributed by atoms with E-state index in [-0.39, 0.29) is 11.7 Å². The molecule has 0 radical (unpaired) electrons. The van der Waals surface area contributed by atoms with Crippen molar-refractivity contribution < 1.29 is 14.3 Å². The molecule has 0 N–H and O–H groups in total. The van der Waals surface area contributed by atoms with Crippen LogP contribution in [0.3, 0.4) is 0 Å². The number of allylic oxidation sites excluding steroid dienone is 1. The highest BCUT2D eigenvalue weighted by atomic mass is 79.9. The SMILES string of the molecule is COc1c(Br)cc(CC2=CC(=O)CCN(C)C2=O)cc1Br. The van der Waals surface area contributed by atoms with Gasteiger partial charge in [-0.15, -0.1) is 0 Å². The molecule has 4 nitrogen and oxygen atoms in total. The minimum atomic E-state index is -0.0936. The second-order valence-corrected chi connectivity index (χ2v) is 6.59. The zero-order valence-electron chi connectivity index (χ0n) is 11.8. The number of methoxy groups -OCH3 is 1. The molecule has 1 aliphatic heterocycles. The normalized spacial score (nSPS) is 15.8. The van der Waals surface area contributed by atoms with Crippen LogP contribution in [0.4, 0.5) is 0 Å². The number of carbonyl (C=O) groups excluding carboxylic acids is 2. The lowest BCUT2D eigenvalue weighted by Crippen LogP contribution is -2.28. The molecule has 0 aromatic heterocycles. The molecule has 0 unspecified atom stereocenters. The predicted octanol–water partition coefficient (Wildman–Crippen LogP) is 3.12. The van der Waals surface area contributed by atoms with Gasteiger partial charge in [0.2, 0.25) is 5.91 Å². The summed E-state index contributed by atoms with van der Waals surface area (Å²) >= 11 is 6.88. The molecular weight excluding hydrogens is 402 g/mol. The van der Waals surface area contributed by atoms with E-state index in [0.717, 1.165) is 14.5 Å². The fourth-order valence-corrected chi connectivity index (χ4v) is 3.81. The van der Waals surface area contributed by atoms with Crippen LogP contribution < -0.4 is 4.74 Å². The monoisotopic (exact) mass is 415 g/mol. The Morgan fingerprint density at radius 3 is 2.43 bits per heavy atom. The number of benzene rings is 1. The summed E-state index contributed by atoms with van der Waals surface area (Å²) in [6.07, 6.45) is 2.26. The van der Waals surface area contributed by atoms with Crippen molar-refractivity contribution in [3.8, 4) is 5.75 Å². The van der Waals surface area contributed by atoms with Gasteiger partial charge in [-0.25, -0.2) is 0 Å². The van der Waals surface area contributed by atoms with Gasteiger partial charge >= 0.3 is 0 Å².